The second kappa shape index (κ2) is 8.59. The van der Waals surface area contributed by atoms with Gasteiger partial charge in [0, 0.05) is 22.3 Å². The van der Waals surface area contributed by atoms with E-state index in [-0.39, 0.29) is 5.56 Å². The van der Waals surface area contributed by atoms with Gasteiger partial charge in [0.05, 0.1) is 16.9 Å². The summed E-state index contributed by atoms with van der Waals surface area (Å²) in [6.07, 6.45) is 6.16. The molecule has 2 heterocycles. The van der Waals surface area contributed by atoms with Crippen LogP contribution in [0, 0.1) is 6.85 Å². The second-order valence-corrected chi connectivity index (χ2v) is 5.99. The molecule has 0 amide bonds. The first kappa shape index (κ1) is 11.1. The molecule has 1 aromatic carbocycles. The van der Waals surface area contributed by atoms with Gasteiger partial charge >= 0.3 is 5.97 Å². The van der Waals surface area contributed by atoms with E-state index < -0.39 is 42.6 Å². The molecule has 1 aromatic heterocycles. The van der Waals surface area contributed by atoms with Gasteiger partial charge in [-0.1, -0.05) is 41.9 Å². The lowest BCUT2D eigenvalue weighted by Crippen LogP contribution is -2.19. The first-order valence-corrected chi connectivity index (χ1v) is 8.43. The molecule has 4 nitrogen and oxygen atoms in total. The van der Waals surface area contributed by atoms with Crippen LogP contribution in [-0.2, 0) is 4.79 Å². The third-order valence-corrected chi connectivity index (χ3v) is 4.09. The highest BCUT2D eigenvalue weighted by Gasteiger charge is 2.12. The Morgan fingerprint density at radius 3 is 2.77 bits per heavy atom. The van der Waals surface area contributed by atoms with E-state index in [0.717, 1.165) is 32.0 Å². The number of pyridine rings is 1. The Bertz CT molecular complexity index is 1090. The van der Waals surface area contributed by atoms with Gasteiger partial charge in [-0.05, 0) is 56.6 Å². The molecule has 3 rings (SSSR count). The van der Waals surface area contributed by atoms with Crippen molar-refractivity contribution in [1.29, 1.82) is 0 Å². The van der Waals surface area contributed by atoms with Crippen molar-refractivity contribution in [3.05, 3.63) is 77.0 Å². The summed E-state index contributed by atoms with van der Waals surface area (Å²) >= 11 is 0. The maximum Gasteiger partial charge on any atom is 0.328 e. The highest BCUT2D eigenvalue weighted by Crippen LogP contribution is 2.23. The molecular formula is C22H24N2O2. The van der Waals surface area contributed by atoms with Crippen molar-refractivity contribution in [3.8, 4) is 0 Å². The van der Waals surface area contributed by atoms with Crippen LogP contribution < -0.4 is 0 Å². The second-order valence-electron chi connectivity index (χ2n) is 5.99. The fourth-order valence-corrected chi connectivity index (χ4v) is 2.82. The van der Waals surface area contributed by atoms with E-state index in [2.05, 4.69) is 9.88 Å². The zero-order chi connectivity index (χ0) is 24.3. The third kappa shape index (κ3) is 4.90. The fourth-order valence-electron chi connectivity index (χ4n) is 2.82. The molecule has 0 saturated carbocycles. The van der Waals surface area contributed by atoms with E-state index in [9.17, 15) is 4.79 Å². The van der Waals surface area contributed by atoms with Gasteiger partial charge in [0.2, 0.25) is 0 Å². The largest absolute Gasteiger partial charge is 0.478 e. The molecule has 1 aliphatic rings. The molecular weight excluding hydrogens is 324 g/mol. The number of likely N-dealkylation sites (tertiary alicyclic amines) is 1. The van der Waals surface area contributed by atoms with Gasteiger partial charge in [-0.15, -0.1) is 0 Å². The van der Waals surface area contributed by atoms with Gasteiger partial charge < -0.3 is 5.11 Å². The van der Waals surface area contributed by atoms with Crippen LogP contribution in [0.25, 0.3) is 11.6 Å². The van der Waals surface area contributed by atoms with Crippen LogP contribution in [0.3, 0.4) is 0 Å². The molecule has 134 valence electrons. The van der Waals surface area contributed by atoms with Crippen molar-refractivity contribution < 1.29 is 19.5 Å². The molecule has 1 aliphatic heterocycles. The average molecular weight is 355 g/mol. The molecule has 0 bridgehead atoms. The Hall–Kier alpha value is -2.72. The van der Waals surface area contributed by atoms with Crippen molar-refractivity contribution >= 4 is 17.6 Å². The van der Waals surface area contributed by atoms with E-state index >= 15 is 0 Å². The number of carboxylic acid groups (broad SMARTS) is 1. The van der Waals surface area contributed by atoms with E-state index in [1.165, 1.54) is 6.08 Å². The van der Waals surface area contributed by atoms with Crippen molar-refractivity contribution in [2.75, 3.05) is 19.6 Å². The lowest BCUT2D eigenvalue weighted by atomic mass is 10.00. The zero-order valence-electron chi connectivity index (χ0n) is 21.2. The first-order chi connectivity index (χ1) is 15.5. The van der Waals surface area contributed by atoms with E-state index in [0.29, 0.717) is 23.5 Å². The molecule has 4 heteroatoms. The Morgan fingerprint density at radius 2 is 2.08 bits per heavy atom. The number of aliphatic carboxylic acids is 1. The van der Waals surface area contributed by atoms with Gasteiger partial charge in [0.25, 0.3) is 0 Å². The minimum Gasteiger partial charge on any atom is -0.478 e. The standard InChI is InChI=1S/C22H24N2O2/c1-17-7-9-18(10-8-17)20(13-16-24-14-2-3-15-24)21-6-4-5-19(23-21)11-12-22(25)26/h4-13H,2-3,14-16H2,1H3,(H,25,26)/b12-11+,20-13-/i1D3,7D,8D,9D,10D. The van der Waals surface area contributed by atoms with E-state index in [1.54, 1.807) is 24.3 Å². The summed E-state index contributed by atoms with van der Waals surface area (Å²) in [7, 11) is 0. The topological polar surface area (TPSA) is 53.4 Å². The molecule has 1 saturated heterocycles. The van der Waals surface area contributed by atoms with Crippen molar-refractivity contribution in [2.24, 2.45) is 0 Å². The summed E-state index contributed by atoms with van der Waals surface area (Å²) in [5.74, 6) is -1.13. The molecule has 0 spiro atoms. The summed E-state index contributed by atoms with van der Waals surface area (Å²) < 4.78 is 56.4. The highest BCUT2D eigenvalue weighted by atomic mass is 16.4. The van der Waals surface area contributed by atoms with Crippen molar-refractivity contribution in [1.82, 2.24) is 9.88 Å². The number of rotatable bonds is 6. The lowest BCUT2D eigenvalue weighted by molar-refractivity contribution is -0.131. The van der Waals surface area contributed by atoms with Crippen LogP contribution >= 0.6 is 0 Å². The Kier molecular flexibility index (Phi) is 3.66. The summed E-state index contributed by atoms with van der Waals surface area (Å²) in [6, 6.07) is 2.76. The fraction of sp³-hybridized carbons (Fsp3) is 0.273. The van der Waals surface area contributed by atoms with Crippen LogP contribution in [0.5, 0.6) is 0 Å². The van der Waals surface area contributed by atoms with Gasteiger partial charge in [0.1, 0.15) is 0 Å². The van der Waals surface area contributed by atoms with Crippen LogP contribution in [0.1, 0.15) is 45.0 Å². The number of hydrogen-bond donors (Lipinski definition) is 1. The zero-order valence-corrected chi connectivity index (χ0v) is 14.2. The van der Waals surface area contributed by atoms with Crippen LogP contribution in [0.2, 0.25) is 0 Å². The number of nitrogens with zero attached hydrogens (tertiary/aromatic N) is 2. The maximum absolute atomic E-state index is 10.9. The molecule has 0 radical (unpaired) electrons. The first-order valence-electron chi connectivity index (χ1n) is 11.9. The summed E-state index contributed by atoms with van der Waals surface area (Å²) in [6.45, 7) is -0.513. The summed E-state index contributed by atoms with van der Waals surface area (Å²) in [4.78, 5) is 17.5. The SMILES string of the molecule is [2H]c1c([2H])c(C([2H])([2H])[2H])c([2H])c([2H])c1/C(=C/CN1CCCC1)c1cccc(/C=C/C(=O)O)n1. The van der Waals surface area contributed by atoms with Gasteiger partial charge in [0.15, 0.2) is 0 Å². The van der Waals surface area contributed by atoms with Gasteiger partial charge in [-0.25, -0.2) is 9.78 Å². The molecule has 26 heavy (non-hydrogen) atoms. The number of aromatic nitrogens is 1. The van der Waals surface area contributed by atoms with Crippen LogP contribution in [0.4, 0.5) is 0 Å². The Labute approximate surface area is 164 Å². The molecule has 1 fully saturated rings. The highest BCUT2D eigenvalue weighted by molar-refractivity contribution is 5.85. The summed E-state index contributed by atoms with van der Waals surface area (Å²) in [5, 5.41) is 8.89. The number of hydrogen-bond acceptors (Lipinski definition) is 3. The smallest absolute Gasteiger partial charge is 0.328 e. The van der Waals surface area contributed by atoms with Crippen molar-refractivity contribution in [2.45, 2.75) is 19.7 Å². The number of carboxylic acids is 1. The van der Waals surface area contributed by atoms with Crippen LogP contribution in [-0.4, -0.2) is 40.6 Å². The number of carbonyl (C=O) groups is 1. The molecule has 0 aliphatic carbocycles. The normalized spacial score (nSPS) is 20.0. The quantitative estimate of drug-likeness (QED) is 0.795. The molecule has 1 N–H and O–H groups in total. The predicted molar refractivity (Wildman–Crippen MR) is 105 cm³/mol. The third-order valence-electron chi connectivity index (χ3n) is 4.09. The maximum atomic E-state index is 10.9. The van der Waals surface area contributed by atoms with Gasteiger partial charge in [-0.3, -0.25) is 4.90 Å². The minimum absolute atomic E-state index is 0.0379. The molecule has 2 aromatic rings. The van der Waals surface area contributed by atoms with Crippen LogP contribution in [0.15, 0.2) is 54.5 Å². The monoisotopic (exact) mass is 355 g/mol. The summed E-state index contributed by atoms with van der Waals surface area (Å²) in [5.41, 5.74) is 0.359. The minimum atomic E-state index is -2.79. The van der Waals surface area contributed by atoms with E-state index in [1.807, 2.05) is 0 Å². The lowest BCUT2D eigenvalue weighted by Gasteiger charge is -2.14. The average Bonchev–Trinajstić information content (AvgIpc) is 3.26. The Balaban J connectivity index is 2.21. The molecule has 0 unspecified atom stereocenters. The number of benzene rings is 1. The Morgan fingerprint density at radius 1 is 1.31 bits per heavy atom. The van der Waals surface area contributed by atoms with Crippen molar-refractivity contribution in [3.63, 3.8) is 0 Å². The molecule has 0 atom stereocenters. The predicted octanol–water partition coefficient (Wildman–Crippen LogP) is 4.02. The van der Waals surface area contributed by atoms with E-state index in [4.69, 9.17) is 14.7 Å². The van der Waals surface area contributed by atoms with Gasteiger partial charge in [-0.2, -0.15) is 0 Å².